The highest BCUT2D eigenvalue weighted by atomic mass is 16.3. The second-order valence-electron chi connectivity index (χ2n) is 5.66. The van der Waals surface area contributed by atoms with Crippen LogP contribution in [0.4, 0.5) is 0 Å². The lowest BCUT2D eigenvalue weighted by atomic mass is 9.74. The minimum atomic E-state index is -0.859. The van der Waals surface area contributed by atoms with Gasteiger partial charge in [0.25, 0.3) is 5.91 Å². The molecule has 1 saturated heterocycles. The number of benzene rings is 1. The number of nitrogens with one attached hydrogen (secondary N) is 1. The fourth-order valence-corrected chi connectivity index (χ4v) is 3.76. The first-order valence-electron chi connectivity index (χ1n) is 6.70. The Bertz CT molecular complexity index is 676. The standard InChI is InChI=1S/C15H16N2O2/c1-17-12-5-8-7-16-11-4-2-3-9(14(8)11)10(12)6-13(18)15(17)19/h2-4,7,10,12-13,16,18H,5-6H2,1H3/t10-,12-,13+/m1/s1. The topological polar surface area (TPSA) is 56.3 Å². The van der Waals surface area contributed by atoms with Gasteiger partial charge in [-0.25, -0.2) is 0 Å². The number of carbonyl (C=O) groups is 1. The fourth-order valence-electron chi connectivity index (χ4n) is 3.76. The molecule has 4 nitrogen and oxygen atoms in total. The number of likely N-dealkylation sites (N-methyl/N-ethyl adjacent to an activating group) is 1. The summed E-state index contributed by atoms with van der Waals surface area (Å²) in [7, 11) is 1.81. The number of aliphatic hydroxyl groups is 1. The molecule has 1 aliphatic heterocycles. The van der Waals surface area contributed by atoms with E-state index < -0.39 is 6.10 Å². The molecule has 1 amide bonds. The molecule has 4 heteroatoms. The zero-order valence-corrected chi connectivity index (χ0v) is 10.8. The highest BCUT2D eigenvalue weighted by molar-refractivity contribution is 5.90. The van der Waals surface area contributed by atoms with Crippen molar-refractivity contribution in [3.63, 3.8) is 0 Å². The van der Waals surface area contributed by atoms with Crippen LogP contribution in [-0.2, 0) is 11.2 Å². The van der Waals surface area contributed by atoms with Gasteiger partial charge in [-0.1, -0.05) is 12.1 Å². The molecule has 2 aliphatic rings. The van der Waals surface area contributed by atoms with Gasteiger partial charge in [-0.2, -0.15) is 0 Å². The summed E-state index contributed by atoms with van der Waals surface area (Å²) in [4.78, 5) is 17.0. The number of likely N-dealkylation sites (tertiary alicyclic amines) is 1. The number of hydrogen-bond acceptors (Lipinski definition) is 2. The van der Waals surface area contributed by atoms with Gasteiger partial charge in [-0.15, -0.1) is 0 Å². The third-order valence-corrected chi connectivity index (χ3v) is 4.72. The van der Waals surface area contributed by atoms with Crippen LogP contribution in [0.15, 0.2) is 24.4 Å². The minimum absolute atomic E-state index is 0.146. The number of aromatic nitrogens is 1. The van der Waals surface area contributed by atoms with E-state index in [0.29, 0.717) is 6.42 Å². The van der Waals surface area contributed by atoms with E-state index in [1.54, 1.807) is 11.9 Å². The Morgan fingerprint density at radius 3 is 3.11 bits per heavy atom. The Morgan fingerprint density at radius 2 is 2.26 bits per heavy atom. The molecule has 2 aromatic rings. The van der Waals surface area contributed by atoms with Gasteiger partial charge in [-0.05, 0) is 30.0 Å². The number of nitrogens with zero attached hydrogens (tertiary/aromatic N) is 1. The Balaban J connectivity index is 1.91. The Kier molecular flexibility index (Phi) is 2.10. The first kappa shape index (κ1) is 11.1. The van der Waals surface area contributed by atoms with Crippen molar-refractivity contribution in [2.75, 3.05) is 7.05 Å². The molecule has 0 spiro atoms. The molecule has 19 heavy (non-hydrogen) atoms. The van der Waals surface area contributed by atoms with Crippen molar-refractivity contribution in [3.8, 4) is 0 Å². The zero-order chi connectivity index (χ0) is 13.1. The quantitative estimate of drug-likeness (QED) is 0.748. The summed E-state index contributed by atoms with van der Waals surface area (Å²) in [6, 6.07) is 6.43. The van der Waals surface area contributed by atoms with Crippen molar-refractivity contribution in [3.05, 3.63) is 35.5 Å². The van der Waals surface area contributed by atoms with Gasteiger partial charge < -0.3 is 15.0 Å². The van der Waals surface area contributed by atoms with E-state index in [1.165, 1.54) is 16.5 Å². The minimum Gasteiger partial charge on any atom is -0.383 e. The Morgan fingerprint density at radius 1 is 1.42 bits per heavy atom. The molecule has 4 rings (SSSR count). The van der Waals surface area contributed by atoms with Crippen molar-refractivity contribution < 1.29 is 9.90 Å². The lowest BCUT2D eigenvalue weighted by Crippen LogP contribution is -2.53. The van der Waals surface area contributed by atoms with E-state index in [9.17, 15) is 9.90 Å². The molecule has 1 aromatic heterocycles. The van der Waals surface area contributed by atoms with Gasteiger partial charge in [0.1, 0.15) is 6.10 Å². The van der Waals surface area contributed by atoms with Gasteiger partial charge in [0.05, 0.1) is 0 Å². The molecule has 3 atom stereocenters. The average molecular weight is 256 g/mol. The number of aliphatic hydroxyl groups excluding tert-OH is 1. The maximum Gasteiger partial charge on any atom is 0.251 e. The second-order valence-corrected chi connectivity index (χ2v) is 5.66. The van der Waals surface area contributed by atoms with Crippen molar-refractivity contribution in [1.82, 2.24) is 9.88 Å². The lowest BCUT2D eigenvalue weighted by Gasteiger charge is -2.43. The van der Waals surface area contributed by atoms with Crippen molar-refractivity contribution in [2.24, 2.45) is 0 Å². The van der Waals surface area contributed by atoms with Crippen LogP contribution in [0, 0.1) is 0 Å². The zero-order valence-electron chi connectivity index (χ0n) is 10.8. The third-order valence-electron chi connectivity index (χ3n) is 4.72. The highest BCUT2D eigenvalue weighted by Gasteiger charge is 2.42. The van der Waals surface area contributed by atoms with Crippen LogP contribution in [0.25, 0.3) is 10.9 Å². The normalized spacial score (nSPS) is 29.7. The summed E-state index contributed by atoms with van der Waals surface area (Å²) in [6.45, 7) is 0. The molecule has 2 N–H and O–H groups in total. The van der Waals surface area contributed by atoms with Crippen LogP contribution in [-0.4, -0.2) is 40.1 Å². The summed E-state index contributed by atoms with van der Waals surface area (Å²) in [5.74, 6) is 0.0945. The average Bonchev–Trinajstić information content (AvgIpc) is 2.83. The predicted molar refractivity (Wildman–Crippen MR) is 71.9 cm³/mol. The number of rotatable bonds is 0. The number of amides is 1. The molecule has 0 saturated carbocycles. The number of carbonyl (C=O) groups excluding carboxylic acids is 1. The molecular formula is C15H16N2O2. The van der Waals surface area contributed by atoms with Crippen LogP contribution in [0.1, 0.15) is 23.5 Å². The van der Waals surface area contributed by atoms with Crippen LogP contribution >= 0.6 is 0 Å². The fraction of sp³-hybridized carbons (Fsp3) is 0.400. The summed E-state index contributed by atoms with van der Waals surface area (Å²) >= 11 is 0. The number of hydrogen-bond donors (Lipinski definition) is 2. The summed E-state index contributed by atoms with van der Waals surface area (Å²) in [6.07, 6.45) is 2.60. The van der Waals surface area contributed by atoms with E-state index >= 15 is 0 Å². The first-order valence-corrected chi connectivity index (χ1v) is 6.70. The molecule has 1 aliphatic carbocycles. The molecule has 1 fully saturated rings. The monoisotopic (exact) mass is 256 g/mol. The van der Waals surface area contributed by atoms with Crippen LogP contribution < -0.4 is 0 Å². The lowest BCUT2D eigenvalue weighted by molar-refractivity contribution is -0.146. The van der Waals surface area contributed by atoms with Gasteiger partial charge in [-0.3, -0.25) is 4.79 Å². The molecule has 0 bridgehead atoms. The summed E-state index contributed by atoms with van der Waals surface area (Å²) < 4.78 is 0. The summed E-state index contributed by atoms with van der Waals surface area (Å²) in [5.41, 5.74) is 3.70. The van der Waals surface area contributed by atoms with E-state index in [1.807, 2.05) is 12.3 Å². The molecule has 2 heterocycles. The number of fused-ring (bicyclic) bond motifs is 2. The van der Waals surface area contributed by atoms with Gasteiger partial charge in [0.2, 0.25) is 0 Å². The van der Waals surface area contributed by atoms with Crippen LogP contribution in [0.2, 0.25) is 0 Å². The van der Waals surface area contributed by atoms with Crippen molar-refractivity contribution in [2.45, 2.75) is 30.9 Å². The number of piperidine rings is 1. The highest BCUT2D eigenvalue weighted by Crippen LogP contribution is 2.43. The summed E-state index contributed by atoms with van der Waals surface area (Å²) in [5, 5.41) is 11.2. The SMILES string of the molecule is CN1C(=O)[C@@H](O)C[C@@H]2c3cccc4[nH]cc(c34)C[C@H]21. The van der Waals surface area contributed by atoms with Crippen LogP contribution in [0.3, 0.4) is 0 Å². The van der Waals surface area contributed by atoms with Gasteiger partial charge in [0.15, 0.2) is 0 Å². The van der Waals surface area contributed by atoms with Crippen LogP contribution in [0.5, 0.6) is 0 Å². The first-order chi connectivity index (χ1) is 9.16. The largest absolute Gasteiger partial charge is 0.383 e. The Hall–Kier alpha value is -1.81. The van der Waals surface area contributed by atoms with Crippen molar-refractivity contribution >= 4 is 16.8 Å². The number of aromatic amines is 1. The smallest absolute Gasteiger partial charge is 0.251 e. The van der Waals surface area contributed by atoms with Crippen molar-refractivity contribution in [1.29, 1.82) is 0 Å². The van der Waals surface area contributed by atoms with E-state index in [-0.39, 0.29) is 17.9 Å². The molecule has 98 valence electrons. The van der Waals surface area contributed by atoms with Gasteiger partial charge >= 0.3 is 0 Å². The maximum absolute atomic E-state index is 11.9. The third kappa shape index (κ3) is 1.35. The molecule has 0 radical (unpaired) electrons. The second kappa shape index (κ2) is 3.61. The number of H-pyrrole nitrogens is 1. The van der Waals surface area contributed by atoms with E-state index in [2.05, 4.69) is 17.1 Å². The Labute approximate surface area is 111 Å². The molecule has 0 unspecified atom stereocenters. The van der Waals surface area contributed by atoms with Gasteiger partial charge in [0, 0.05) is 36.1 Å². The molecule has 1 aromatic carbocycles. The predicted octanol–water partition coefficient (Wildman–Crippen LogP) is 1.40. The van der Waals surface area contributed by atoms with E-state index in [0.717, 1.165) is 11.9 Å². The molecular weight excluding hydrogens is 240 g/mol. The van der Waals surface area contributed by atoms with E-state index in [4.69, 9.17) is 0 Å². The maximum atomic E-state index is 11.9.